The summed E-state index contributed by atoms with van der Waals surface area (Å²) in [6.07, 6.45) is 8.19. The van der Waals surface area contributed by atoms with Gasteiger partial charge in [-0.05, 0) is 79.6 Å². The van der Waals surface area contributed by atoms with Crippen LogP contribution >= 0.6 is 11.6 Å². The highest BCUT2D eigenvalue weighted by molar-refractivity contribution is 6.30. The number of likely N-dealkylation sites (N-methyl/N-ethyl adjacent to an activating group) is 1. The SMILES string of the molecule is CN1CC[C@]23CCCC[C@H]2[C@H]1Cc1ccc(-c2ccc(Cl)cc2)cc13. The molecule has 0 aromatic heterocycles. The van der Waals surface area contributed by atoms with Crippen LogP contribution in [0, 0.1) is 5.92 Å². The smallest absolute Gasteiger partial charge is 0.0406 e. The average molecular weight is 352 g/mol. The molecule has 2 aliphatic carbocycles. The van der Waals surface area contributed by atoms with Gasteiger partial charge in [-0.1, -0.05) is 54.8 Å². The predicted molar refractivity (Wildman–Crippen MR) is 105 cm³/mol. The summed E-state index contributed by atoms with van der Waals surface area (Å²) in [5, 5.41) is 0.811. The molecule has 1 heterocycles. The third-order valence-corrected chi connectivity index (χ3v) is 7.54. The molecule has 1 saturated carbocycles. The molecule has 0 amide bonds. The lowest BCUT2D eigenvalue weighted by Gasteiger charge is -2.58. The quantitative estimate of drug-likeness (QED) is 0.637. The molecule has 1 nitrogen and oxygen atoms in total. The summed E-state index contributed by atoms with van der Waals surface area (Å²) < 4.78 is 0. The van der Waals surface area contributed by atoms with Gasteiger partial charge in [0.25, 0.3) is 0 Å². The summed E-state index contributed by atoms with van der Waals surface area (Å²) in [7, 11) is 2.34. The number of nitrogens with zero attached hydrogens (tertiary/aromatic N) is 1. The monoisotopic (exact) mass is 351 g/mol. The first kappa shape index (κ1) is 15.9. The molecule has 2 fully saturated rings. The maximum atomic E-state index is 6.08. The van der Waals surface area contributed by atoms with E-state index in [1.54, 1.807) is 11.1 Å². The number of rotatable bonds is 1. The fraction of sp³-hybridized carbons (Fsp3) is 0.478. The van der Waals surface area contributed by atoms with Crippen molar-refractivity contribution in [3.8, 4) is 11.1 Å². The number of piperidine rings is 1. The molecule has 130 valence electrons. The fourth-order valence-electron chi connectivity index (χ4n) is 6.02. The second-order valence-corrected chi connectivity index (χ2v) is 8.83. The molecule has 3 aliphatic rings. The van der Waals surface area contributed by atoms with E-state index in [2.05, 4.69) is 42.3 Å². The van der Waals surface area contributed by atoms with Crippen molar-refractivity contribution in [3.05, 3.63) is 58.6 Å². The Bertz CT molecular complexity index is 796. The zero-order chi connectivity index (χ0) is 17.0. The van der Waals surface area contributed by atoms with Gasteiger partial charge in [0.15, 0.2) is 0 Å². The second kappa shape index (κ2) is 5.86. The van der Waals surface area contributed by atoms with Gasteiger partial charge >= 0.3 is 0 Å². The Morgan fingerprint density at radius 1 is 1.00 bits per heavy atom. The molecule has 1 saturated heterocycles. The summed E-state index contributed by atoms with van der Waals surface area (Å²) in [6, 6.07) is 16.3. The summed E-state index contributed by atoms with van der Waals surface area (Å²) in [5.41, 5.74) is 6.35. The first-order valence-corrected chi connectivity index (χ1v) is 10.1. The van der Waals surface area contributed by atoms with E-state index < -0.39 is 0 Å². The fourth-order valence-corrected chi connectivity index (χ4v) is 6.14. The van der Waals surface area contributed by atoms with Crippen molar-refractivity contribution in [2.24, 2.45) is 5.92 Å². The van der Waals surface area contributed by atoms with Crippen LogP contribution in [0.1, 0.15) is 43.2 Å². The van der Waals surface area contributed by atoms with Crippen molar-refractivity contribution in [3.63, 3.8) is 0 Å². The normalized spacial score (nSPS) is 31.3. The largest absolute Gasteiger partial charge is 0.303 e. The lowest BCUT2D eigenvalue weighted by atomic mass is 9.52. The number of hydrogen-bond acceptors (Lipinski definition) is 1. The van der Waals surface area contributed by atoms with Gasteiger partial charge in [0, 0.05) is 16.5 Å². The zero-order valence-electron chi connectivity index (χ0n) is 15.0. The topological polar surface area (TPSA) is 3.24 Å². The van der Waals surface area contributed by atoms with Crippen LogP contribution in [0.3, 0.4) is 0 Å². The van der Waals surface area contributed by atoms with E-state index in [9.17, 15) is 0 Å². The Morgan fingerprint density at radius 3 is 2.64 bits per heavy atom. The maximum absolute atomic E-state index is 6.08. The molecule has 3 atom stereocenters. The molecule has 0 N–H and O–H groups in total. The first-order chi connectivity index (χ1) is 12.2. The number of hydrogen-bond donors (Lipinski definition) is 0. The van der Waals surface area contributed by atoms with E-state index in [-0.39, 0.29) is 0 Å². The zero-order valence-corrected chi connectivity index (χ0v) is 15.7. The Morgan fingerprint density at radius 2 is 1.80 bits per heavy atom. The van der Waals surface area contributed by atoms with E-state index >= 15 is 0 Å². The summed E-state index contributed by atoms with van der Waals surface area (Å²) in [4.78, 5) is 2.64. The van der Waals surface area contributed by atoms with Gasteiger partial charge in [-0.3, -0.25) is 0 Å². The highest BCUT2D eigenvalue weighted by atomic mass is 35.5. The van der Waals surface area contributed by atoms with Gasteiger partial charge in [0.05, 0.1) is 0 Å². The van der Waals surface area contributed by atoms with Crippen molar-refractivity contribution < 1.29 is 0 Å². The van der Waals surface area contributed by atoms with E-state index in [0.29, 0.717) is 5.41 Å². The molecule has 2 aromatic carbocycles. The molecular formula is C23H26ClN. The van der Waals surface area contributed by atoms with Crippen LogP contribution in [0.4, 0.5) is 0 Å². The van der Waals surface area contributed by atoms with Crippen molar-refractivity contribution in [1.82, 2.24) is 4.90 Å². The third-order valence-electron chi connectivity index (χ3n) is 7.29. The van der Waals surface area contributed by atoms with Crippen LogP contribution in [0.2, 0.25) is 5.02 Å². The van der Waals surface area contributed by atoms with E-state index in [4.69, 9.17) is 11.6 Å². The minimum absolute atomic E-state index is 0.436. The van der Waals surface area contributed by atoms with Crippen LogP contribution in [0.5, 0.6) is 0 Å². The molecule has 2 bridgehead atoms. The van der Waals surface area contributed by atoms with Gasteiger partial charge in [-0.15, -0.1) is 0 Å². The minimum Gasteiger partial charge on any atom is -0.303 e. The van der Waals surface area contributed by atoms with Crippen LogP contribution in [0.15, 0.2) is 42.5 Å². The van der Waals surface area contributed by atoms with Gasteiger partial charge in [0.1, 0.15) is 0 Å². The second-order valence-electron chi connectivity index (χ2n) is 8.39. The number of fused-ring (bicyclic) bond motifs is 1. The highest BCUT2D eigenvalue weighted by Crippen LogP contribution is 2.55. The van der Waals surface area contributed by atoms with E-state index in [1.807, 2.05) is 12.1 Å². The molecule has 5 rings (SSSR count). The minimum atomic E-state index is 0.436. The molecular weight excluding hydrogens is 326 g/mol. The van der Waals surface area contributed by atoms with Crippen molar-refractivity contribution in [2.45, 2.75) is 50.0 Å². The predicted octanol–water partition coefficient (Wildman–Crippen LogP) is 5.70. The molecule has 2 heteroatoms. The molecule has 1 aliphatic heterocycles. The molecule has 0 radical (unpaired) electrons. The van der Waals surface area contributed by atoms with Crippen molar-refractivity contribution in [2.75, 3.05) is 13.6 Å². The summed E-state index contributed by atoms with van der Waals surface area (Å²) in [6.45, 7) is 1.26. The van der Waals surface area contributed by atoms with Gasteiger partial charge in [0.2, 0.25) is 0 Å². The van der Waals surface area contributed by atoms with Gasteiger partial charge in [-0.25, -0.2) is 0 Å². The van der Waals surface area contributed by atoms with Crippen molar-refractivity contribution in [1.29, 1.82) is 0 Å². The van der Waals surface area contributed by atoms with E-state index in [0.717, 1.165) is 17.0 Å². The number of likely N-dealkylation sites (tertiary alicyclic amines) is 1. The summed E-state index contributed by atoms with van der Waals surface area (Å²) >= 11 is 6.08. The van der Waals surface area contributed by atoms with Crippen LogP contribution in [-0.4, -0.2) is 24.5 Å². The summed E-state index contributed by atoms with van der Waals surface area (Å²) in [5.74, 6) is 0.855. The molecule has 25 heavy (non-hydrogen) atoms. The van der Waals surface area contributed by atoms with Crippen LogP contribution in [-0.2, 0) is 11.8 Å². The van der Waals surface area contributed by atoms with Gasteiger partial charge in [-0.2, -0.15) is 0 Å². The third kappa shape index (κ3) is 2.39. The number of benzene rings is 2. The van der Waals surface area contributed by atoms with Crippen LogP contribution < -0.4 is 0 Å². The Kier molecular flexibility index (Phi) is 3.73. The van der Waals surface area contributed by atoms with Crippen LogP contribution in [0.25, 0.3) is 11.1 Å². The maximum Gasteiger partial charge on any atom is 0.0406 e. The lowest BCUT2D eigenvalue weighted by molar-refractivity contribution is 0.00290. The Balaban J connectivity index is 1.64. The standard InChI is InChI=1S/C23H26ClN/c1-25-13-12-23-11-3-2-4-20(23)22(25)15-18-6-5-17(14-21(18)23)16-7-9-19(24)10-8-16/h5-10,14,20,22H,2-4,11-13,15H2,1H3/t20-,22+,23+/m0/s1. The van der Waals surface area contributed by atoms with Gasteiger partial charge < -0.3 is 4.90 Å². The average Bonchev–Trinajstić information content (AvgIpc) is 2.65. The van der Waals surface area contributed by atoms with E-state index in [1.165, 1.54) is 56.2 Å². The highest BCUT2D eigenvalue weighted by Gasteiger charge is 2.52. The molecule has 0 unspecified atom stereocenters. The number of halogens is 1. The Labute approximate surface area is 156 Å². The first-order valence-electron chi connectivity index (χ1n) is 9.77. The Hall–Kier alpha value is -1.31. The molecule has 2 aromatic rings. The van der Waals surface area contributed by atoms with Crippen molar-refractivity contribution >= 4 is 11.6 Å². The lowest BCUT2D eigenvalue weighted by Crippen LogP contribution is -2.59. The molecule has 0 spiro atoms.